The van der Waals surface area contributed by atoms with Crippen LogP contribution >= 0.6 is 23.1 Å². The predicted molar refractivity (Wildman–Crippen MR) is 143 cm³/mol. The summed E-state index contributed by atoms with van der Waals surface area (Å²) in [7, 11) is 0. The van der Waals surface area contributed by atoms with Gasteiger partial charge >= 0.3 is 0 Å². The van der Waals surface area contributed by atoms with Crippen LogP contribution in [0.3, 0.4) is 0 Å². The molecule has 0 spiro atoms. The third-order valence-corrected chi connectivity index (χ3v) is 8.07. The monoisotopic (exact) mass is 479 g/mol. The average molecular weight is 480 g/mol. The number of hydrogen-bond donors (Lipinski definition) is 1. The van der Waals surface area contributed by atoms with Gasteiger partial charge in [-0.1, -0.05) is 49.4 Å². The van der Waals surface area contributed by atoms with E-state index in [4.69, 9.17) is 4.98 Å². The van der Waals surface area contributed by atoms with Gasteiger partial charge in [-0.3, -0.25) is 4.79 Å². The van der Waals surface area contributed by atoms with Crippen molar-refractivity contribution in [3.63, 3.8) is 0 Å². The number of rotatable bonds is 9. The number of thiazole rings is 1. The van der Waals surface area contributed by atoms with Crippen LogP contribution in [0, 0.1) is 0 Å². The number of aromatic nitrogens is 1. The Bertz CT molecular complexity index is 1040. The van der Waals surface area contributed by atoms with E-state index in [1.165, 1.54) is 24.3 Å². The maximum Gasteiger partial charge on any atom is 0.275 e. The van der Waals surface area contributed by atoms with Crippen molar-refractivity contribution < 1.29 is 4.79 Å². The number of benzene rings is 2. The molecule has 174 valence electrons. The Labute approximate surface area is 205 Å². The van der Waals surface area contributed by atoms with E-state index in [9.17, 15) is 4.79 Å². The number of anilines is 1. The van der Waals surface area contributed by atoms with E-state index in [0.29, 0.717) is 11.6 Å². The fourth-order valence-electron chi connectivity index (χ4n) is 4.37. The van der Waals surface area contributed by atoms with Crippen LogP contribution in [0.15, 0.2) is 53.9 Å². The van der Waals surface area contributed by atoms with Crippen molar-refractivity contribution in [2.24, 2.45) is 0 Å². The van der Waals surface area contributed by atoms with Gasteiger partial charge in [0.15, 0.2) is 0 Å². The number of carbonyl (C=O) groups is 1. The Morgan fingerprint density at radius 1 is 1.15 bits per heavy atom. The van der Waals surface area contributed by atoms with Crippen LogP contribution < -0.4 is 5.32 Å². The van der Waals surface area contributed by atoms with Crippen molar-refractivity contribution in [2.75, 3.05) is 37.0 Å². The zero-order chi connectivity index (χ0) is 23.0. The largest absolute Gasteiger partial charge is 0.320 e. The molecule has 3 aromatic rings. The standard InChI is InChI=1S/C27H33N3OS2/c1-3-20-9-11-21(12-10-20)23-7-4-5-8-24(23)28-26(31)25-19-33-27(29-25)22-13-16-30(17-14-22)15-6-18-32-2/h4-5,7-12,19,22H,3,6,13-18H2,1-2H3,(H,28,31). The fraction of sp³-hybridized carbons (Fsp3) is 0.407. The van der Waals surface area contributed by atoms with Crippen molar-refractivity contribution in [3.8, 4) is 11.1 Å². The van der Waals surface area contributed by atoms with E-state index >= 15 is 0 Å². The Morgan fingerprint density at radius 2 is 1.91 bits per heavy atom. The van der Waals surface area contributed by atoms with Gasteiger partial charge in [0.25, 0.3) is 5.91 Å². The lowest BCUT2D eigenvalue weighted by Gasteiger charge is -2.30. The molecule has 1 fully saturated rings. The molecule has 4 rings (SSSR count). The number of aryl methyl sites for hydroxylation is 1. The number of para-hydroxylation sites is 1. The van der Waals surface area contributed by atoms with E-state index in [1.54, 1.807) is 11.3 Å². The highest BCUT2D eigenvalue weighted by atomic mass is 32.2. The van der Waals surface area contributed by atoms with Crippen LogP contribution in [0.4, 0.5) is 5.69 Å². The summed E-state index contributed by atoms with van der Waals surface area (Å²) < 4.78 is 0. The normalized spacial score (nSPS) is 15.0. The van der Waals surface area contributed by atoms with Crippen LogP contribution in [0.5, 0.6) is 0 Å². The molecule has 0 atom stereocenters. The van der Waals surface area contributed by atoms with E-state index in [0.717, 1.165) is 54.2 Å². The lowest BCUT2D eigenvalue weighted by molar-refractivity contribution is 0.102. The molecular formula is C27H33N3OS2. The first-order valence-electron chi connectivity index (χ1n) is 11.8. The van der Waals surface area contributed by atoms with Gasteiger partial charge in [0.1, 0.15) is 5.69 Å². The first kappa shape index (κ1) is 24.0. The summed E-state index contributed by atoms with van der Waals surface area (Å²) in [4.78, 5) is 20.3. The topological polar surface area (TPSA) is 45.2 Å². The summed E-state index contributed by atoms with van der Waals surface area (Å²) in [5.74, 6) is 1.57. The quantitative estimate of drug-likeness (QED) is 0.353. The highest BCUT2D eigenvalue weighted by Gasteiger charge is 2.24. The SMILES string of the molecule is CCc1ccc(-c2ccccc2NC(=O)c2csc(C3CCN(CCCSC)CC3)n2)cc1. The number of nitrogens with one attached hydrogen (secondary N) is 1. The van der Waals surface area contributed by atoms with Crippen molar-refractivity contribution in [1.82, 2.24) is 9.88 Å². The van der Waals surface area contributed by atoms with Gasteiger partial charge in [0.2, 0.25) is 0 Å². The van der Waals surface area contributed by atoms with Gasteiger partial charge in [-0.15, -0.1) is 11.3 Å². The maximum absolute atomic E-state index is 13.0. The third-order valence-electron chi connectivity index (χ3n) is 6.36. The molecular weight excluding hydrogens is 446 g/mol. The first-order chi connectivity index (χ1) is 16.2. The third kappa shape index (κ3) is 6.25. The Hall–Kier alpha value is -2.15. The number of likely N-dealkylation sites (tertiary alicyclic amines) is 1. The van der Waals surface area contributed by atoms with Crippen LogP contribution in [-0.2, 0) is 6.42 Å². The van der Waals surface area contributed by atoms with Crippen LogP contribution in [0.2, 0.25) is 0 Å². The number of amides is 1. The van der Waals surface area contributed by atoms with Gasteiger partial charge in [0.05, 0.1) is 5.01 Å². The molecule has 4 nitrogen and oxygen atoms in total. The van der Waals surface area contributed by atoms with Gasteiger partial charge in [-0.05, 0) is 74.5 Å². The second kappa shape index (κ2) is 11.8. The number of piperidine rings is 1. The van der Waals surface area contributed by atoms with Crippen LogP contribution in [0.25, 0.3) is 11.1 Å². The summed E-state index contributed by atoms with van der Waals surface area (Å²) in [5.41, 5.74) is 4.78. The van der Waals surface area contributed by atoms with Gasteiger partial charge in [-0.2, -0.15) is 11.8 Å². The number of nitrogens with zero attached hydrogens (tertiary/aromatic N) is 2. The van der Waals surface area contributed by atoms with E-state index < -0.39 is 0 Å². The molecule has 0 radical (unpaired) electrons. The smallest absolute Gasteiger partial charge is 0.275 e. The summed E-state index contributed by atoms with van der Waals surface area (Å²) in [6.07, 6.45) is 6.71. The highest BCUT2D eigenvalue weighted by molar-refractivity contribution is 7.98. The molecule has 1 saturated heterocycles. The molecule has 1 amide bonds. The minimum Gasteiger partial charge on any atom is -0.320 e. The molecule has 0 bridgehead atoms. The second-order valence-electron chi connectivity index (χ2n) is 8.58. The number of thioether (sulfide) groups is 1. The molecule has 1 aliphatic rings. The van der Waals surface area contributed by atoms with Crippen LogP contribution in [0.1, 0.15) is 53.2 Å². The molecule has 33 heavy (non-hydrogen) atoms. The molecule has 0 saturated carbocycles. The Morgan fingerprint density at radius 3 is 2.64 bits per heavy atom. The average Bonchev–Trinajstić information content (AvgIpc) is 3.36. The highest BCUT2D eigenvalue weighted by Crippen LogP contribution is 2.32. The molecule has 1 aliphatic heterocycles. The molecule has 1 aromatic heterocycles. The van der Waals surface area contributed by atoms with Crippen LogP contribution in [-0.4, -0.2) is 47.4 Å². The molecule has 0 unspecified atom stereocenters. The molecule has 2 heterocycles. The summed E-state index contributed by atoms with van der Waals surface area (Å²) >= 11 is 3.55. The zero-order valence-corrected chi connectivity index (χ0v) is 21.2. The summed E-state index contributed by atoms with van der Waals surface area (Å²) in [5, 5.41) is 6.12. The number of hydrogen-bond acceptors (Lipinski definition) is 5. The van der Waals surface area contributed by atoms with E-state index in [-0.39, 0.29) is 5.91 Å². The van der Waals surface area contributed by atoms with Gasteiger partial charge in [-0.25, -0.2) is 4.98 Å². The number of carbonyl (C=O) groups excluding carboxylic acids is 1. The minimum atomic E-state index is -0.135. The lowest BCUT2D eigenvalue weighted by atomic mass is 9.97. The summed E-state index contributed by atoms with van der Waals surface area (Å²) in [6, 6.07) is 16.5. The van der Waals surface area contributed by atoms with Crippen molar-refractivity contribution >= 4 is 34.7 Å². The fourth-order valence-corrected chi connectivity index (χ4v) is 5.75. The Kier molecular flexibility index (Phi) is 8.59. The maximum atomic E-state index is 13.0. The summed E-state index contributed by atoms with van der Waals surface area (Å²) in [6.45, 7) is 5.61. The Balaban J connectivity index is 1.39. The van der Waals surface area contributed by atoms with Crippen molar-refractivity contribution in [3.05, 3.63) is 70.2 Å². The first-order valence-corrected chi connectivity index (χ1v) is 14.1. The molecule has 0 aliphatic carbocycles. The van der Waals surface area contributed by atoms with E-state index in [1.807, 2.05) is 35.3 Å². The van der Waals surface area contributed by atoms with Crippen molar-refractivity contribution in [2.45, 2.75) is 38.5 Å². The van der Waals surface area contributed by atoms with Gasteiger partial charge < -0.3 is 10.2 Å². The zero-order valence-electron chi connectivity index (χ0n) is 19.5. The lowest BCUT2D eigenvalue weighted by Crippen LogP contribution is -2.33. The van der Waals surface area contributed by atoms with E-state index in [2.05, 4.69) is 53.7 Å². The molecule has 2 aromatic carbocycles. The minimum absolute atomic E-state index is 0.135. The predicted octanol–water partition coefficient (Wildman–Crippen LogP) is 6.56. The second-order valence-corrected chi connectivity index (χ2v) is 10.5. The molecule has 1 N–H and O–H groups in total. The molecule has 6 heteroatoms. The van der Waals surface area contributed by atoms with Gasteiger partial charge in [0, 0.05) is 22.5 Å². The van der Waals surface area contributed by atoms with Crippen molar-refractivity contribution in [1.29, 1.82) is 0 Å².